The number of hydrogen-bond acceptors (Lipinski definition) is 4. The molecule has 3 unspecified atom stereocenters. The van der Waals surface area contributed by atoms with Gasteiger partial charge in [-0.05, 0) is 53.9 Å². The highest BCUT2D eigenvalue weighted by atomic mass is 28.2. The van der Waals surface area contributed by atoms with Gasteiger partial charge in [-0.3, -0.25) is 16.0 Å². The summed E-state index contributed by atoms with van der Waals surface area (Å²) >= 11 is 0. The second-order valence-corrected chi connectivity index (χ2v) is 7.49. The zero-order valence-electron chi connectivity index (χ0n) is 15.9. The lowest BCUT2D eigenvalue weighted by Gasteiger charge is -2.52. The molecule has 0 aliphatic heterocycles. The largest absolute Gasteiger partial charge is 0.337 e. The molecule has 0 radical (unpaired) electrons. The van der Waals surface area contributed by atoms with Gasteiger partial charge in [-0.15, -0.1) is 0 Å². The average Bonchev–Trinajstić information content (AvgIpc) is 2.46. The first-order valence-corrected chi connectivity index (χ1v) is 9.69. The monoisotopic (exact) mass is 316 g/mol. The summed E-state index contributed by atoms with van der Waals surface area (Å²) < 4.78 is 0. The van der Waals surface area contributed by atoms with Crippen LogP contribution in [0.5, 0.6) is 0 Å². The normalized spacial score (nSPS) is 20.0. The third-order valence-electron chi connectivity index (χ3n) is 4.79. The lowest BCUT2D eigenvalue weighted by molar-refractivity contribution is 0.0574. The van der Waals surface area contributed by atoms with Gasteiger partial charge >= 0.3 is 0 Å². The van der Waals surface area contributed by atoms with Crippen LogP contribution in [-0.4, -0.2) is 39.9 Å². The maximum absolute atomic E-state index is 3.84. The number of rotatable bonds is 11. The molecule has 0 saturated carbocycles. The molecule has 0 aromatic rings. The molecule has 0 aromatic carbocycles. The average molecular weight is 317 g/mol. The summed E-state index contributed by atoms with van der Waals surface area (Å²) in [6.07, 6.45) is 3.34. The quantitative estimate of drug-likeness (QED) is 0.344. The predicted octanol–water partition coefficient (Wildman–Crippen LogP) is 1.45. The van der Waals surface area contributed by atoms with Gasteiger partial charge in [0.1, 0.15) is 5.79 Å². The van der Waals surface area contributed by atoms with Gasteiger partial charge in [-0.25, -0.2) is 0 Å². The summed E-state index contributed by atoms with van der Waals surface area (Å²) in [5.41, 5.74) is -0.0739. The molecule has 4 nitrogen and oxygen atoms in total. The fraction of sp³-hybridized carbons (Fsp3) is 1.00. The van der Waals surface area contributed by atoms with E-state index in [0.29, 0.717) is 18.1 Å². The molecule has 0 aliphatic rings. The molecule has 0 amide bonds. The van der Waals surface area contributed by atoms with E-state index in [9.17, 15) is 0 Å². The molecule has 0 aromatic heterocycles. The highest BCUT2D eigenvalue weighted by Crippen LogP contribution is 2.20. The fourth-order valence-corrected chi connectivity index (χ4v) is 2.64. The maximum atomic E-state index is 3.84. The summed E-state index contributed by atoms with van der Waals surface area (Å²) in [4.78, 5) is 3.62. The van der Waals surface area contributed by atoms with E-state index in [4.69, 9.17) is 0 Å². The van der Waals surface area contributed by atoms with E-state index in [2.05, 4.69) is 76.3 Å². The van der Waals surface area contributed by atoms with Gasteiger partial charge in [0.25, 0.3) is 0 Å². The van der Waals surface area contributed by atoms with Crippen LogP contribution in [0.1, 0.15) is 74.7 Å². The number of nitrogens with one attached hydrogen (secondary N) is 4. The van der Waals surface area contributed by atoms with Crippen LogP contribution < -0.4 is 20.9 Å². The zero-order chi connectivity index (χ0) is 16.7. The smallest absolute Gasteiger partial charge is 0.141 e. The maximum Gasteiger partial charge on any atom is 0.141 e. The summed E-state index contributed by atoms with van der Waals surface area (Å²) in [5.74, 6) is -0.310. The third kappa shape index (κ3) is 5.98. The second-order valence-electron chi connectivity index (χ2n) is 6.99. The molecule has 4 N–H and O–H groups in total. The van der Waals surface area contributed by atoms with Crippen LogP contribution in [0.4, 0.5) is 0 Å². The molecular weight excluding hydrogens is 276 g/mol. The predicted molar refractivity (Wildman–Crippen MR) is 98.6 cm³/mol. The Morgan fingerprint density at radius 2 is 1.05 bits per heavy atom. The molecule has 128 valence electrons. The molecule has 0 aliphatic carbocycles. The zero-order valence-corrected chi connectivity index (χ0v) is 17.9. The van der Waals surface area contributed by atoms with Gasteiger partial charge in [0.2, 0.25) is 0 Å². The molecule has 5 heteroatoms. The van der Waals surface area contributed by atoms with Crippen molar-refractivity contribution < 1.29 is 0 Å². The molecule has 21 heavy (non-hydrogen) atoms. The van der Waals surface area contributed by atoms with Gasteiger partial charge in [0, 0.05) is 18.1 Å². The van der Waals surface area contributed by atoms with Crippen LogP contribution in [0.2, 0.25) is 0 Å². The Balaban J connectivity index is 5.57. The van der Waals surface area contributed by atoms with Crippen LogP contribution in [-0.2, 0) is 0 Å². The summed E-state index contributed by atoms with van der Waals surface area (Å²) in [6, 6.07) is 1.35. The van der Waals surface area contributed by atoms with Crippen molar-refractivity contribution in [2.24, 2.45) is 0 Å². The highest BCUT2D eigenvalue weighted by molar-refractivity contribution is 6.05. The summed E-state index contributed by atoms with van der Waals surface area (Å²) in [5, 5.41) is 11.5. The van der Waals surface area contributed by atoms with Crippen molar-refractivity contribution >= 4 is 10.4 Å². The van der Waals surface area contributed by atoms with E-state index in [1.54, 1.807) is 0 Å². The van der Waals surface area contributed by atoms with Gasteiger partial charge < -0.3 is 4.98 Å². The van der Waals surface area contributed by atoms with Crippen molar-refractivity contribution in [3.63, 3.8) is 0 Å². The molecule has 0 saturated heterocycles. The van der Waals surface area contributed by atoms with E-state index < -0.39 is 0 Å². The second kappa shape index (κ2) is 9.25. The first kappa shape index (κ1) is 21.1. The van der Waals surface area contributed by atoms with Crippen molar-refractivity contribution in [2.45, 2.75) is 104 Å². The van der Waals surface area contributed by atoms with Crippen LogP contribution >= 0.6 is 0 Å². The Labute approximate surface area is 136 Å². The van der Waals surface area contributed by atoms with E-state index in [-0.39, 0.29) is 11.3 Å². The molecule has 3 atom stereocenters. The van der Waals surface area contributed by atoms with Crippen LogP contribution in [0, 0.1) is 0 Å². The van der Waals surface area contributed by atoms with E-state index in [0.717, 1.165) is 29.7 Å². The number of hydrogen-bond donors (Lipinski definition) is 4. The third-order valence-corrected chi connectivity index (χ3v) is 6.04. The SMILES string of the molecule is CCC(C)NC(NC(C)CC)(NC(C)CC)C(C)(C)N[SiH3]. The van der Waals surface area contributed by atoms with Gasteiger partial charge in [0.05, 0.1) is 15.9 Å². The van der Waals surface area contributed by atoms with Crippen LogP contribution in [0.25, 0.3) is 0 Å². The van der Waals surface area contributed by atoms with Gasteiger partial charge in [-0.2, -0.15) is 0 Å². The molecule has 0 fully saturated rings. The van der Waals surface area contributed by atoms with Crippen LogP contribution in [0.15, 0.2) is 0 Å². The van der Waals surface area contributed by atoms with Crippen molar-refractivity contribution in [3.8, 4) is 0 Å². The Morgan fingerprint density at radius 1 is 0.762 bits per heavy atom. The lowest BCUT2D eigenvalue weighted by atomic mass is 9.92. The molecule has 0 bridgehead atoms. The Morgan fingerprint density at radius 3 is 1.24 bits per heavy atom. The highest BCUT2D eigenvalue weighted by Gasteiger charge is 2.45. The molecular formula is C16H40N4Si. The Kier molecular flexibility index (Phi) is 9.28. The van der Waals surface area contributed by atoms with Crippen LogP contribution in [0.3, 0.4) is 0 Å². The summed E-state index contributed by atoms with van der Waals surface area (Å²) in [7, 11) is 0.964. The minimum absolute atomic E-state index is 0.0739. The van der Waals surface area contributed by atoms with Gasteiger partial charge in [-0.1, -0.05) is 20.8 Å². The van der Waals surface area contributed by atoms with Crippen molar-refractivity contribution in [3.05, 3.63) is 0 Å². The molecule has 0 rings (SSSR count). The topological polar surface area (TPSA) is 48.1 Å². The Bertz CT molecular complexity index is 252. The van der Waals surface area contributed by atoms with Gasteiger partial charge in [0.15, 0.2) is 0 Å². The van der Waals surface area contributed by atoms with Crippen molar-refractivity contribution in [2.75, 3.05) is 0 Å². The van der Waals surface area contributed by atoms with E-state index in [1.165, 1.54) is 0 Å². The van der Waals surface area contributed by atoms with E-state index in [1.807, 2.05) is 0 Å². The lowest BCUT2D eigenvalue weighted by Crippen LogP contribution is -2.82. The first-order valence-electron chi connectivity index (χ1n) is 8.69. The standard InChI is InChI=1S/C16H40N4Si/c1-9-12(4)17-16(15(7,8)20-21,18-13(5)10-2)19-14(6)11-3/h12-14,17-20H,9-11H2,1-8,21H3. The minimum atomic E-state index is -0.310. The van der Waals surface area contributed by atoms with Crippen molar-refractivity contribution in [1.29, 1.82) is 0 Å². The van der Waals surface area contributed by atoms with E-state index >= 15 is 0 Å². The molecule has 0 heterocycles. The summed E-state index contributed by atoms with van der Waals surface area (Å²) in [6.45, 7) is 18.0. The fourth-order valence-electron chi connectivity index (χ4n) is 2.27. The molecule has 0 spiro atoms. The minimum Gasteiger partial charge on any atom is -0.337 e. The first-order chi connectivity index (χ1) is 9.67. The Hall–Kier alpha value is 0.0569. The van der Waals surface area contributed by atoms with Crippen molar-refractivity contribution in [1.82, 2.24) is 20.9 Å².